The minimum atomic E-state index is 0. The molecule has 1 aromatic heterocycles. The molecule has 3 aliphatic heterocycles. The Labute approximate surface area is 139 Å². The normalized spacial score (nSPS) is 27.6. The van der Waals surface area contributed by atoms with Crippen LogP contribution in [0.3, 0.4) is 0 Å². The molecule has 4 nitrogen and oxygen atoms in total. The Balaban J connectivity index is 0.00000132. The van der Waals surface area contributed by atoms with Gasteiger partial charge in [0, 0.05) is 18.7 Å². The molecule has 2 aromatic rings. The van der Waals surface area contributed by atoms with E-state index in [1.165, 1.54) is 25.9 Å². The van der Waals surface area contributed by atoms with Gasteiger partial charge in [-0.3, -0.25) is 0 Å². The van der Waals surface area contributed by atoms with Crippen LogP contribution in [0.1, 0.15) is 12.8 Å². The average molecular weight is 349 g/mol. The Kier molecular flexibility index (Phi) is 4.23. The summed E-state index contributed by atoms with van der Waals surface area (Å²) in [4.78, 5) is 2.50. The van der Waals surface area contributed by atoms with E-state index in [-0.39, 0.29) is 12.4 Å². The lowest BCUT2D eigenvalue weighted by Gasteiger charge is -2.44. The number of hydrogen-bond donors (Lipinski definition) is 1. The Hall–Kier alpha value is -0.680. The third-order valence-corrected chi connectivity index (χ3v) is 5.21. The molecule has 3 aliphatic rings. The lowest BCUT2D eigenvalue weighted by molar-refractivity contribution is 0.0973. The lowest BCUT2D eigenvalue weighted by atomic mass is 9.84. The first-order chi connectivity index (χ1) is 9.70. The highest BCUT2D eigenvalue weighted by Gasteiger charge is 2.34. The van der Waals surface area contributed by atoms with Crippen molar-refractivity contribution in [2.45, 2.75) is 18.9 Å². The molecule has 1 N–H and O–H groups in total. The number of benzene rings is 1. The Bertz CT molecular complexity index is 652. The number of fused-ring (bicyclic) bond motifs is 4. The van der Waals surface area contributed by atoms with Crippen LogP contribution in [0.2, 0.25) is 10.0 Å². The summed E-state index contributed by atoms with van der Waals surface area (Å²) in [5.41, 5.74) is 0.670. The lowest BCUT2D eigenvalue weighted by Crippen LogP contribution is -2.53. The molecule has 21 heavy (non-hydrogen) atoms. The summed E-state index contributed by atoms with van der Waals surface area (Å²) < 4.78 is 5.34. The Morgan fingerprint density at radius 1 is 1.19 bits per heavy atom. The second-order valence-electron chi connectivity index (χ2n) is 5.68. The predicted octanol–water partition coefficient (Wildman–Crippen LogP) is 4.06. The maximum Gasteiger partial charge on any atom is 0.177 e. The molecule has 0 spiro atoms. The van der Waals surface area contributed by atoms with E-state index in [9.17, 15) is 0 Å². The molecule has 4 heterocycles. The summed E-state index contributed by atoms with van der Waals surface area (Å²) in [5.74, 6) is 1.51. The van der Waals surface area contributed by atoms with Crippen molar-refractivity contribution in [3.63, 3.8) is 0 Å². The SMILES string of the molecule is Cl.Clc1cc2onc(N[C@@H]3CN4CCC3CC4)c2cc1Cl. The van der Waals surface area contributed by atoms with Gasteiger partial charge in [0.05, 0.1) is 15.4 Å². The van der Waals surface area contributed by atoms with Gasteiger partial charge in [0.2, 0.25) is 0 Å². The van der Waals surface area contributed by atoms with Gasteiger partial charge < -0.3 is 14.7 Å². The number of hydrogen-bond acceptors (Lipinski definition) is 4. The summed E-state index contributed by atoms with van der Waals surface area (Å²) in [6, 6.07) is 3.98. The topological polar surface area (TPSA) is 41.3 Å². The molecule has 0 radical (unpaired) electrons. The number of nitrogens with one attached hydrogen (secondary N) is 1. The molecule has 5 rings (SSSR count). The number of nitrogens with zero attached hydrogens (tertiary/aromatic N) is 2. The molecule has 0 amide bonds. The van der Waals surface area contributed by atoms with Gasteiger partial charge >= 0.3 is 0 Å². The summed E-state index contributed by atoms with van der Waals surface area (Å²) >= 11 is 12.1. The minimum absolute atomic E-state index is 0. The molecular formula is C14H16Cl3N3O. The summed E-state index contributed by atoms with van der Waals surface area (Å²) in [6.45, 7) is 3.54. The van der Waals surface area contributed by atoms with Gasteiger partial charge in [-0.2, -0.15) is 0 Å². The van der Waals surface area contributed by atoms with Crippen molar-refractivity contribution in [3.8, 4) is 0 Å². The third kappa shape index (κ3) is 2.70. The second kappa shape index (κ2) is 5.84. The highest BCUT2D eigenvalue weighted by molar-refractivity contribution is 6.42. The smallest absolute Gasteiger partial charge is 0.177 e. The first kappa shape index (κ1) is 15.2. The largest absolute Gasteiger partial charge is 0.362 e. The monoisotopic (exact) mass is 347 g/mol. The number of aromatic nitrogens is 1. The van der Waals surface area contributed by atoms with E-state index in [1.807, 2.05) is 6.07 Å². The van der Waals surface area contributed by atoms with Crippen molar-refractivity contribution in [1.29, 1.82) is 0 Å². The van der Waals surface area contributed by atoms with E-state index >= 15 is 0 Å². The fraction of sp³-hybridized carbons (Fsp3) is 0.500. The summed E-state index contributed by atoms with van der Waals surface area (Å²) in [6.07, 6.45) is 2.53. The van der Waals surface area contributed by atoms with Gasteiger partial charge in [0.25, 0.3) is 0 Å². The molecule has 3 fully saturated rings. The van der Waals surface area contributed by atoms with Crippen molar-refractivity contribution < 1.29 is 4.52 Å². The number of halogens is 3. The van der Waals surface area contributed by atoms with E-state index in [1.54, 1.807) is 6.07 Å². The van der Waals surface area contributed by atoms with Gasteiger partial charge in [-0.25, -0.2) is 0 Å². The van der Waals surface area contributed by atoms with Crippen LogP contribution in [0, 0.1) is 5.92 Å². The van der Waals surface area contributed by atoms with Crippen molar-refractivity contribution >= 4 is 52.4 Å². The standard InChI is InChI=1S/C14H15Cl2N3O.ClH/c15-10-5-9-13(6-11(10)16)20-18-14(9)17-12-7-19-3-1-8(12)2-4-19;/h5-6,8,12H,1-4,7H2,(H,17,18);1H/t12-;/m1./s1. The number of piperidine rings is 3. The number of rotatable bonds is 2. The van der Waals surface area contributed by atoms with Crippen LogP contribution < -0.4 is 5.32 Å². The highest BCUT2D eigenvalue weighted by atomic mass is 35.5. The van der Waals surface area contributed by atoms with E-state index in [0.29, 0.717) is 21.7 Å². The Morgan fingerprint density at radius 2 is 1.90 bits per heavy atom. The molecule has 2 bridgehead atoms. The maximum absolute atomic E-state index is 6.08. The van der Waals surface area contributed by atoms with E-state index in [0.717, 1.165) is 23.7 Å². The molecule has 0 unspecified atom stereocenters. The molecule has 7 heteroatoms. The fourth-order valence-corrected chi connectivity index (χ4v) is 3.66. The molecule has 1 aromatic carbocycles. The molecule has 1 atom stereocenters. The quantitative estimate of drug-likeness (QED) is 0.888. The van der Waals surface area contributed by atoms with Crippen LogP contribution in [0.4, 0.5) is 5.82 Å². The van der Waals surface area contributed by atoms with Crippen molar-refractivity contribution in [3.05, 3.63) is 22.2 Å². The Morgan fingerprint density at radius 3 is 2.57 bits per heavy atom. The van der Waals surface area contributed by atoms with Crippen molar-refractivity contribution in [1.82, 2.24) is 10.1 Å². The van der Waals surface area contributed by atoms with Crippen LogP contribution in [0.25, 0.3) is 11.0 Å². The zero-order chi connectivity index (χ0) is 13.7. The first-order valence-corrected chi connectivity index (χ1v) is 7.69. The van der Waals surface area contributed by atoms with Gasteiger partial charge in [0.15, 0.2) is 11.4 Å². The second-order valence-corrected chi connectivity index (χ2v) is 6.50. The van der Waals surface area contributed by atoms with Crippen LogP contribution in [0.15, 0.2) is 16.7 Å². The van der Waals surface area contributed by atoms with Crippen LogP contribution >= 0.6 is 35.6 Å². The minimum Gasteiger partial charge on any atom is -0.362 e. The molecule has 0 aliphatic carbocycles. The van der Waals surface area contributed by atoms with E-state index in [4.69, 9.17) is 27.7 Å². The van der Waals surface area contributed by atoms with Gasteiger partial charge in [-0.15, -0.1) is 12.4 Å². The molecule has 114 valence electrons. The maximum atomic E-state index is 6.08. The zero-order valence-electron chi connectivity index (χ0n) is 11.3. The third-order valence-electron chi connectivity index (χ3n) is 4.49. The van der Waals surface area contributed by atoms with E-state index < -0.39 is 0 Å². The number of anilines is 1. The highest BCUT2D eigenvalue weighted by Crippen LogP contribution is 2.34. The first-order valence-electron chi connectivity index (χ1n) is 6.94. The molecule has 3 saturated heterocycles. The molecular weight excluding hydrogens is 333 g/mol. The zero-order valence-corrected chi connectivity index (χ0v) is 13.6. The van der Waals surface area contributed by atoms with Crippen molar-refractivity contribution in [2.24, 2.45) is 5.92 Å². The predicted molar refractivity (Wildman–Crippen MR) is 87.9 cm³/mol. The molecule has 0 saturated carbocycles. The van der Waals surface area contributed by atoms with Crippen LogP contribution in [-0.4, -0.2) is 35.7 Å². The fourth-order valence-electron chi connectivity index (χ4n) is 3.34. The summed E-state index contributed by atoms with van der Waals surface area (Å²) in [7, 11) is 0. The van der Waals surface area contributed by atoms with Gasteiger partial charge in [-0.1, -0.05) is 28.4 Å². The van der Waals surface area contributed by atoms with Gasteiger partial charge in [-0.05, 0) is 37.9 Å². The van der Waals surface area contributed by atoms with E-state index in [2.05, 4.69) is 15.4 Å². The van der Waals surface area contributed by atoms with Crippen LogP contribution in [-0.2, 0) is 0 Å². The average Bonchev–Trinajstić information content (AvgIpc) is 2.83. The van der Waals surface area contributed by atoms with Crippen LogP contribution in [0.5, 0.6) is 0 Å². The summed E-state index contributed by atoms with van der Waals surface area (Å²) in [5, 5.41) is 9.58. The van der Waals surface area contributed by atoms with Gasteiger partial charge in [0.1, 0.15) is 0 Å². The van der Waals surface area contributed by atoms with Crippen molar-refractivity contribution in [2.75, 3.05) is 25.0 Å².